The molecule has 0 saturated heterocycles. The number of ether oxygens (including phenoxy) is 1. The van der Waals surface area contributed by atoms with Crippen LogP contribution in [0.5, 0.6) is 0 Å². The lowest BCUT2D eigenvalue weighted by Crippen LogP contribution is -2.56. The molecule has 0 radical (unpaired) electrons. The van der Waals surface area contributed by atoms with Crippen LogP contribution in [0.2, 0.25) is 5.02 Å². The number of alkyl carbamates (subject to hydrolysis) is 1. The van der Waals surface area contributed by atoms with Crippen molar-refractivity contribution in [2.75, 3.05) is 14.1 Å². The fourth-order valence-corrected chi connectivity index (χ4v) is 6.99. The van der Waals surface area contributed by atoms with Crippen molar-refractivity contribution in [2.24, 2.45) is 23.2 Å². The second kappa shape index (κ2) is 14.4. The molecule has 0 bridgehead atoms. The molecule has 0 aliphatic heterocycles. The molecule has 15 nitrogen and oxygen atoms in total. The number of rotatable bonds is 12. The molecular weight excluding hydrogens is 688 g/mol. The van der Waals surface area contributed by atoms with E-state index < -0.39 is 80.3 Å². The molecule has 3 N–H and O–H groups in total. The van der Waals surface area contributed by atoms with Gasteiger partial charge in [0.25, 0.3) is 5.91 Å². The predicted octanol–water partition coefficient (Wildman–Crippen LogP) is 3.44. The van der Waals surface area contributed by atoms with E-state index in [9.17, 15) is 27.6 Å². The van der Waals surface area contributed by atoms with Gasteiger partial charge in [-0.1, -0.05) is 50.6 Å². The molecule has 4 rings (SSSR count). The summed E-state index contributed by atoms with van der Waals surface area (Å²) in [6.07, 6.45) is 1.53. The predicted molar refractivity (Wildman–Crippen MR) is 186 cm³/mol. The monoisotopic (exact) mass is 734 g/mol. The van der Waals surface area contributed by atoms with E-state index in [4.69, 9.17) is 16.3 Å². The summed E-state index contributed by atoms with van der Waals surface area (Å²) in [5.41, 5.74) is -2.52. The number of halogens is 1. The molecule has 2 unspecified atom stereocenters. The van der Waals surface area contributed by atoms with E-state index >= 15 is 0 Å². The molecule has 6 atom stereocenters. The number of Topliss-reactive ketones (excluding diaryl/α,β-unsaturated/α-hetero) is 1. The maximum absolute atomic E-state index is 14.5. The van der Waals surface area contributed by atoms with Crippen molar-refractivity contribution in [1.29, 1.82) is 0 Å². The molecular formula is C33H47ClN8O7S. The molecule has 0 spiro atoms. The molecule has 274 valence electrons. The molecule has 1 heterocycles. The minimum atomic E-state index is -4.16. The number of carbonyl (C=O) groups is 4. The molecule has 17 heteroatoms. The van der Waals surface area contributed by atoms with Crippen LogP contribution in [0.1, 0.15) is 73.3 Å². The SMILES string of the molecule is C=CC[C@@H]1C[C@@]1(NC(=O)[C@@H]1C[C@@H](n2nnc(-c3cccc(Cl)c3)n2)CC1C(=O)C(NC(=O)OC(C)(C)C)C(C)(C)C)C(=O)NS(=O)(=O)N(C)C. The maximum atomic E-state index is 14.5. The fraction of sp³-hybridized carbons (Fsp3) is 0.606. The second-order valence-electron chi connectivity index (χ2n) is 15.2. The molecule has 2 aliphatic rings. The lowest BCUT2D eigenvalue weighted by Gasteiger charge is -2.34. The first-order valence-electron chi connectivity index (χ1n) is 16.3. The number of nitrogens with one attached hydrogen (secondary N) is 3. The van der Waals surface area contributed by atoms with E-state index in [0.29, 0.717) is 22.8 Å². The largest absolute Gasteiger partial charge is 0.444 e. The van der Waals surface area contributed by atoms with Crippen molar-refractivity contribution in [1.82, 2.24) is 39.9 Å². The van der Waals surface area contributed by atoms with Gasteiger partial charge in [-0.05, 0) is 75.1 Å². The van der Waals surface area contributed by atoms with Crippen LogP contribution in [-0.2, 0) is 29.3 Å². The summed E-state index contributed by atoms with van der Waals surface area (Å²) in [6.45, 7) is 14.2. The average Bonchev–Trinajstić information content (AvgIpc) is 3.32. The van der Waals surface area contributed by atoms with Crippen LogP contribution >= 0.6 is 11.6 Å². The zero-order valence-electron chi connectivity index (χ0n) is 29.7. The smallest absolute Gasteiger partial charge is 0.408 e. The molecule has 2 saturated carbocycles. The highest BCUT2D eigenvalue weighted by Crippen LogP contribution is 2.48. The minimum Gasteiger partial charge on any atom is -0.444 e. The Hall–Kier alpha value is -3.89. The summed E-state index contributed by atoms with van der Waals surface area (Å²) in [6, 6.07) is 5.30. The third-order valence-electron chi connectivity index (χ3n) is 8.90. The van der Waals surface area contributed by atoms with Crippen LogP contribution in [0.15, 0.2) is 36.9 Å². The Bertz CT molecular complexity index is 1750. The van der Waals surface area contributed by atoms with Crippen LogP contribution < -0.4 is 15.4 Å². The van der Waals surface area contributed by atoms with Gasteiger partial charge in [0.2, 0.25) is 11.7 Å². The molecule has 2 aromatic rings. The lowest BCUT2D eigenvalue weighted by atomic mass is 9.77. The lowest BCUT2D eigenvalue weighted by molar-refractivity contribution is -0.137. The number of hydrogen-bond donors (Lipinski definition) is 3. The third-order valence-corrected chi connectivity index (χ3v) is 10.5. The summed E-state index contributed by atoms with van der Waals surface area (Å²) in [4.78, 5) is 56.5. The van der Waals surface area contributed by atoms with Crippen molar-refractivity contribution >= 4 is 45.5 Å². The van der Waals surface area contributed by atoms with Gasteiger partial charge in [0, 0.05) is 36.5 Å². The zero-order chi connectivity index (χ0) is 37.4. The van der Waals surface area contributed by atoms with Gasteiger partial charge in [-0.3, -0.25) is 14.4 Å². The molecule has 50 heavy (non-hydrogen) atoms. The molecule has 2 aliphatic carbocycles. The Morgan fingerprint density at radius 1 is 1.14 bits per heavy atom. The van der Waals surface area contributed by atoms with Gasteiger partial charge < -0.3 is 15.4 Å². The summed E-state index contributed by atoms with van der Waals surface area (Å²) >= 11 is 6.16. The zero-order valence-corrected chi connectivity index (χ0v) is 31.3. The van der Waals surface area contributed by atoms with E-state index in [1.54, 1.807) is 71.9 Å². The Kier molecular flexibility index (Phi) is 11.2. The number of amides is 3. The third kappa shape index (κ3) is 8.87. The normalized spacial score (nSPS) is 24.3. The summed E-state index contributed by atoms with van der Waals surface area (Å²) in [5, 5.41) is 19.0. The number of benzene rings is 1. The first kappa shape index (κ1) is 38.9. The van der Waals surface area contributed by atoms with E-state index in [1.807, 2.05) is 0 Å². The first-order valence-corrected chi connectivity index (χ1v) is 18.2. The van der Waals surface area contributed by atoms with Crippen LogP contribution in [0.4, 0.5) is 4.79 Å². The van der Waals surface area contributed by atoms with Gasteiger partial charge in [0.15, 0.2) is 5.78 Å². The second-order valence-corrected chi connectivity index (χ2v) is 17.6. The average molecular weight is 735 g/mol. The van der Waals surface area contributed by atoms with Gasteiger partial charge in [-0.15, -0.1) is 16.8 Å². The number of allylic oxidation sites excluding steroid dienone is 1. The molecule has 1 aromatic heterocycles. The molecule has 3 amide bonds. The van der Waals surface area contributed by atoms with Gasteiger partial charge in [0.1, 0.15) is 11.1 Å². The maximum Gasteiger partial charge on any atom is 0.408 e. The fourth-order valence-electron chi connectivity index (χ4n) is 6.20. The van der Waals surface area contributed by atoms with Crippen molar-refractivity contribution in [3.63, 3.8) is 0 Å². The van der Waals surface area contributed by atoms with Crippen molar-refractivity contribution < 1.29 is 32.3 Å². The van der Waals surface area contributed by atoms with Gasteiger partial charge in [-0.2, -0.15) is 17.5 Å². The van der Waals surface area contributed by atoms with Crippen molar-refractivity contribution in [2.45, 2.75) is 90.4 Å². The Morgan fingerprint density at radius 2 is 1.80 bits per heavy atom. The quantitative estimate of drug-likeness (QED) is 0.272. The number of aromatic nitrogens is 4. The van der Waals surface area contributed by atoms with Crippen LogP contribution in [0.3, 0.4) is 0 Å². The van der Waals surface area contributed by atoms with E-state index in [1.165, 1.54) is 18.9 Å². The summed E-state index contributed by atoms with van der Waals surface area (Å²) in [5.74, 6) is -3.98. The molecule has 2 fully saturated rings. The number of hydrogen-bond acceptors (Lipinski definition) is 10. The number of ketones is 1. The van der Waals surface area contributed by atoms with Gasteiger partial charge in [0.05, 0.1) is 12.1 Å². The number of tetrazole rings is 1. The first-order chi connectivity index (χ1) is 23.1. The van der Waals surface area contributed by atoms with Crippen LogP contribution in [-0.4, -0.2) is 87.9 Å². The summed E-state index contributed by atoms with van der Waals surface area (Å²) < 4.78 is 33.5. The van der Waals surface area contributed by atoms with Crippen molar-refractivity contribution in [3.8, 4) is 11.4 Å². The standard InChI is InChI=1S/C33H47ClN8O7S/c1-10-12-20-18-33(20,29(45)39-50(47,48)41(8)9)36-28(44)24-17-22(42-38-27(37-40-42)19-13-11-14-21(34)15-19)16-23(24)25(43)26(31(2,3)4)35-30(46)49-32(5,6)7/h10-11,13-15,20,22-24,26H,1,12,16-18H2,2-9H3,(H,35,46)(H,36,44)(H,39,45)/t20-,22+,23?,24-,26?,33+/m1/s1. The van der Waals surface area contributed by atoms with E-state index in [0.717, 1.165) is 4.31 Å². The molecule has 1 aromatic carbocycles. The summed E-state index contributed by atoms with van der Waals surface area (Å²) in [7, 11) is -1.61. The number of carbonyl (C=O) groups excluding carboxylic acids is 4. The Morgan fingerprint density at radius 3 is 2.38 bits per heavy atom. The Balaban J connectivity index is 1.69. The highest BCUT2D eigenvalue weighted by molar-refractivity contribution is 7.87. The minimum absolute atomic E-state index is 0.0940. The van der Waals surface area contributed by atoms with Gasteiger partial charge >= 0.3 is 16.3 Å². The van der Waals surface area contributed by atoms with E-state index in [-0.39, 0.29) is 19.3 Å². The topological polar surface area (TPSA) is 195 Å². The highest BCUT2D eigenvalue weighted by atomic mass is 35.5. The number of nitrogens with zero attached hydrogens (tertiary/aromatic N) is 5. The van der Waals surface area contributed by atoms with E-state index in [2.05, 4.69) is 37.3 Å². The Labute approximate surface area is 298 Å². The van der Waals surface area contributed by atoms with Crippen molar-refractivity contribution in [3.05, 3.63) is 41.9 Å². The highest BCUT2D eigenvalue weighted by Gasteiger charge is 2.62. The van der Waals surface area contributed by atoms with Crippen LogP contribution in [0.25, 0.3) is 11.4 Å². The van der Waals surface area contributed by atoms with Gasteiger partial charge in [-0.25, -0.2) is 9.52 Å². The van der Waals surface area contributed by atoms with Crippen LogP contribution in [0, 0.1) is 23.2 Å².